The van der Waals surface area contributed by atoms with Gasteiger partial charge in [0.1, 0.15) is 11.6 Å². The van der Waals surface area contributed by atoms with Crippen LogP contribution >= 0.6 is 37.2 Å². The zero-order valence-electron chi connectivity index (χ0n) is 19.4. The number of piperazine rings is 1. The fourth-order valence-corrected chi connectivity index (χ4v) is 3.86. The van der Waals surface area contributed by atoms with Gasteiger partial charge >= 0.3 is 5.97 Å². The molecule has 4 rings (SSSR count). The SMILES string of the molecule is CCC(=O)Nc1ccc2nc(N3CCN(c4ccc(OC)cc4)CC3)cc(C(=O)O)c2c1.Cl.Cl.Cl. The molecule has 2 aromatic carbocycles. The number of carbonyl (C=O) groups excluding carboxylic acids is 1. The topological polar surface area (TPSA) is 95.0 Å². The quantitative estimate of drug-likeness (QED) is 0.457. The molecule has 0 saturated carbocycles. The lowest BCUT2D eigenvalue weighted by Gasteiger charge is -2.37. The van der Waals surface area contributed by atoms with Gasteiger partial charge in [-0.3, -0.25) is 4.79 Å². The van der Waals surface area contributed by atoms with Crippen LogP contribution in [0, 0.1) is 0 Å². The average Bonchev–Trinajstić information content (AvgIpc) is 2.83. The number of pyridine rings is 1. The van der Waals surface area contributed by atoms with E-state index in [4.69, 9.17) is 9.72 Å². The molecule has 2 heterocycles. The minimum absolute atomic E-state index is 0. The number of amides is 1. The molecule has 8 nitrogen and oxygen atoms in total. The summed E-state index contributed by atoms with van der Waals surface area (Å²) in [6.45, 7) is 4.83. The lowest BCUT2D eigenvalue weighted by molar-refractivity contribution is -0.115. The largest absolute Gasteiger partial charge is 0.497 e. The molecule has 190 valence electrons. The van der Waals surface area contributed by atoms with Crippen molar-refractivity contribution in [2.45, 2.75) is 13.3 Å². The third kappa shape index (κ3) is 6.81. The molecular weight excluding hydrogens is 515 g/mol. The molecule has 0 bridgehead atoms. The Hall–Kier alpha value is -2.94. The standard InChI is InChI=1S/C24H26N4O4.3ClH/c1-3-23(29)25-16-4-9-21-19(14-16)20(24(30)31)15-22(26-21)28-12-10-27(11-13-28)17-5-7-18(32-2)8-6-17;;;/h4-9,14-15H,3,10-13H2,1-2H3,(H,25,29)(H,30,31);3*1H. The summed E-state index contributed by atoms with van der Waals surface area (Å²) in [5, 5.41) is 13.1. The molecule has 1 amide bonds. The van der Waals surface area contributed by atoms with Crippen molar-refractivity contribution in [3.63, 3.8) is 0 Å². The highest BCUT2D eigenvalue weighted by Gasteiger charge is 2.21. The third-order valence-electron chi connectivity index (χ3n) is 5.67. The van der Waals surface area contributed by atoms with Gasteiger partial charge in [-0.05, 0) is 48.5 Å². The molecule has 0 aliphatic carbocycles. The monoisotopic (exact) mass is 542 g/mol. The predicted molar refractivity (Wildman–Crippen MR) is 147 cm³/mol. The minimum atomic E-state index is -1.02. The van der Waals surface area contributed by atoms with Crippen molar-refractivity contribution in [3.05, 3.63) is 54.1 Å². The maximum absolute atomic E-state index is 12.0. The average molecular weight is 544 g/mol. The van der Waals surface area contributed by atoms with Crippen LogP contribution in [0.15, 0.2) is 48.5 Å². The normalized spacial score (nSPS) is 12.6. The number of benzene rings is 2. The number of carbonyl (C=O) groups is 2. The molecule has 0 atom stereocenters. The lowest BCUT2D eigenvalue weighted by atomic mass is 10.1. The van der Waals surface area contributed by atoms with E-state index in [1.165, 1.54) is 0 Å². The van der Waals surface area contributed by atoms with E-state index in [9.17, 15) is 14.7 Å². The number of hydrogen-bond donors (Lipinski definition) is 2. The molecule has 0 spiro atoms. The van der Waals surface area contributed by atoms with Crippen LogP contribution in [-0.4, -0.2) is 55.3 Å². The van der Waals surface area contributed by atoms with Crippen LogP contribution < -0.4 is 19.9 Å². The van der Waals surface area contributed by atoms with E-state index in [1.54, 1.807) is 38.3 Å². The van der Waals surface area contributed by atoms with Crippen molar-refractivity contribution < 1.29 is 19.4 Å². The number of nitrogens with one attached hydrogen (secondary N) is 1. The van der Waals surface area contributed by atoms with Crippen molar-refractivity contribution in [1.82, 2.24) is 4.98 Å². The van der Waals surface area contributed by atoms with Crippen LogP contribution in [0.5, 0.6) is 5.75 Å². The number of halogens is 3. The molecule has 1 aliphatic rings. The van der Waals surface area contributed by atoms with Gasteiger partial charge in [-0.25, -0.2) is 9.78 Å². The zero-order chi connectivity index (χ0) is 22.7. The Balaban J connectivity index is 0.00000204. The molecule has 3 aromatic rings. The highest BCUT2D eigenvalue weighted by Crippen LogP contribution is 2.28. The molecule has 35 heavy (non-hydrogen) atoms. The number of aromatic carboxylic acids is 1. The van der Waals surface area contributed by atoms with E-state index >= 15 is 0 Å². The maximum Gasteiger partial charge on any atom is 0.336 e. The van der Waals surface area contributed by atoms with Gasteiger partial charge in [-0.2, -0.15) is 0 Å². The second kappa shape index (κ2) is 13.2. The lowest BCUT2D eigenvalue weighted by Crippen LogP contribution is -2.46. The number of rotatable bonds is 6. The number of carboxylic acid groups (broad SMARTS) is 1. The first-order valence-corrected chi connectivity index (χ1v) is 10.6. The van der Waals surface area contributed by atoms with Gasteiger partial charge in [0.25, 0.3) is 0 Å². The first-order chi connectivity index (χ1) is 15.5. The Morgan fingerprint density at radius 1 is 0.971 bits per heavy atom. The fraction of sp³-hybridized carbons (Fsp3) is 0.292. The summed E-state index contributed by atoms with van der Waals surface area (Å²) in [5.74, 6) is 0.330. The van der Waals surface area contributed by atoms with Crippen LogP contribution in [0.4, 0.5) is 17.2 Å². The number of ether oxygens (including phenoxy) is 1. The van der Waals surface area contributed by atoms with Crippen molar-refractivity contribution in [3.8, 4) is 5.75 Å². The summed E-state index contributed by atoms with van der Waals surface area (Å²) in [7, 11) is 1.65. The summed E-state index contributed by atoms with van der Waals surface area (Å²) in [6, 6.07) is 14.8. The number of hydrogen-bond acceptors (Lipinski definition) is 6. The van der Waals surface area contributed by atoms with Gasteiger partial charge in [-0.1, -0.05) is 6.92 Å². The van der Waals surface area contributed by atoms with E-state index < -0.39 is 5.97 Å². The Morgan fingerprint density at radius 3 is 2.17 bits per heavy atom. The van der Waals surface area contributed by atoms with Gasteiger partial charge in [0.15, 0.2) is 0 Å². The minimum Gasteiger partial charge on any atom is -0.497 e. The highest BCUT2D eigenvalue weighted by atomic mass is 35.5. The number of nitrogens with zero attached hydrogens (tertiary/aromatic N) is 3. The molecule has 1 fully saturated rings. The van der Waals surface area contributed by atoms with E-state index in [2.05, 4.69) is 15.1 Å². The summed E-state index contributed by atoms with van der Waals surface area (Å²) >= 11 is 0. The fourth-order valence-electron chi connectivity index (χ4n) is 3.86. The van der Waals surface area contributed by atoms with E-state index in [1.807, 2.05) is 24.3 Å². The molecule has 11 heteroatoms. The van der Waals surface area contributed by atoms with Crippen LogP contribution in [0.1, 0.15) is 23.7 Å². The van der Waals surface area contributed by atoms with Crippen LogP contribution in [-0.2, 0) is 4.79 Å². The van der Waals surface area contributed by atoms with Gasteiger partial charge in [0, 0.05) is 49.4 Å². The summed E-state index contributed by atoms with van der Waals surface area (Å²) in [5.41, 5.74) is 2.46. The summed E-state index contributed by atoms with van der Waals surface area (Å²) < 4.78 is 5.23. The van der Waals surface area contributed by atoms with Crippen LogP contribution in [0.3, 0.4) is 0 Å². The van der Waals surface area contributed by atoms with Gasteiger partial charge in [0.2, 0.25) is 5.91 Å². The predicted octanol–water partition coefficient (Wildman–Crippen LogP) is 4.88. The van der Waals surface area contributed by atoms with Gasteiger partial charge < -0.3 is 25.0 Å². The summed E-state index contributed by atoms with van der Waals surface area (Å²) in [6.07, 6.45) is 0.351. The first kappa shape index (κ1) is 30.1. The van der Waals surface area contributed by atoms with Crippen LogP contribution in [0.2, 0.25) is 0 Å². The molecule has 2 N–H and O–H groups in total. The molecule has 1 aromatic heterocycles. The Kier molecular flexibility index (Phi) is 11.4. The van der Waals surface area contributed by atoms with E-state index in [-0.39, 0.29) is 48.7 Å². The van der Waals surface area contributed by atoms with Crippen molar-refractivity contribution in [2.24, 2.45) is 0 Å². The van der Waals surface area contributed by atoms with Gasteiger partial charge in [-0.15, -0.1) is 37.2 Å². The zero-order valence-corrected chi connectivity index (χ0v) is 21.8. The molecule has 0 unspecified atom stereocenters. The Labute approximate surface area is 222 Å². The summed E-state index contributed by atoms with van der Waals surface area (Å²) in [4.78, 5) is 32.8. The van der Waals surface area contributed by atoms with E-state index in [0.29, 0.717) is 28.8 Å². The Morgan fingerprint density at radius 2 is 1.60 bits per heavy atom. The number of aromatic nitrogens is 1. The first-order valence-electron chi connectivity index (χ1n) is 10.6. The second-order valence-corrected chi connectivity index (χ2v) is 7.64. The van der Waals surface area contributed by atoms with Crippen molar-refractivity contribution in [2.75, 3.05) is 48.4 Å². The number of anilines is 3. The molecule has 0 radical (unpaired) electrons. The number of fused-ring (bicyclic) bond motifs is 1. The molecule has 1 saturated heterocycles. The number of methoxy groups -OCH3 is 1. The molecule has 1 aliphatic heterocycles. The van der Waals surface area contributed by atoms with Crippen LogP contribution in [0.25, 0.3) is 10.9 Å². The van der Waals surface area contributed by atoms with Crippen molar-refractivity contribution in [1.29, 1.82) is 0 Å². The maximum atomic E-state index is 12.0. The third-order valence-corrected chi connectivity index (χ3v) is 5.67. The van der Waals surface area contributed by atoms with Crippen molar-refractivity contribution >= 4 is 77.2 Å². The van der Waals surface area contributed by atoms with Gasteiger partial charge in [0.05, 0.1) is 18.2 Å². The molecular formula is C24H29Cl3N4O4. The smallest absolute Gasteiger partial charge is 0.336 e. The highest BCUT2D eigenvalue weighted by molar-refractivity contribution is 6.05. The number of carboxylic acids is 1. The van der Waals surface area contributed by atoms with E-state index in [0.717, 1.165) is 37.6 Å². The second-order valence-electron chi connectivity index (χ2n) is 7.64. The Bertz CT molecular complexity index is 1150.